The van der Waals surface area contributed by atoms with Crippen molar-refractivity contribution >= 4 is 0 Å². The zero-order valence-electron chi connectivity index (χ0n) is 12.9. The number of aryl methyl sites for hydroxylation is 1. The monoisotopic (exact) mass is 273 g/mol. The zero-order chi connectivity index (χ0) is 14.1. The number of ether oxygens (including phenoxy) is 1. The van der Waals surface area contributed by atoms with Crippen LogP contribution in [0.5, 0.6) is 5.75 Å². The average molecular weight is 273 g/mol. The lowest BCUT2D eigenvalue weighted by Gasteiger charge is -2.48. The van der Waals surface area contributed by atoms with Crippen molar-refractivity contribution in [3.8, 4) is 5.75 Å². The van der Waals surface area contributed by atoms with Gasteiger partial charge in [-0.3, -0.25) is 0 Å². The van der Waals surface area contributed by atoms with Gasteiger partial charge in [0.2, 0.25) is 0 Å². The largest absolute Gasteiger partial charge is 0.497 e. The van der Waals surface area contributed by atoms with Crippen LogP contribution in [0.4, 0.5) is 0 Å². The standard InChI is InChI=1S/C18H27NO/c1-17-10-3-4-11-18(17,13-14-19-17)12-9-15-5-7-16(20-2)8-6-15/h5-8,19H,3-4,9-14H2,1-2H3. The number of methoxy groups -OCH3 is 1. The van der Waals surface area contributed by atoms with E-state index in [9.17, 15) is 0 Å². The Morgan fingerprint density at radius 2 is 1.85 bits per heavy atom. The van der Waals surface area contributed by atoms with E-state index in [4.69, 9.17) is 4.74 Å². The zero-order valence-corrected chi connectivity index (χ0v) is 12.9. The molecule has 1 saturated carbocycles. The van der Waals surface area contributed by atoms with Crippen molar-refractivity contribution in [1.82, 2.24) is 5.32 Å². The smallest absolute Gasteiger partial charge is 0.118 e. The van der Waals surface area contributed by atoms with Gasteiger partial charge in [0.15, 0.2) is 0 Å². The highest BCUT2D eigenvalue weighted by atomic mass is 16.5. The van der Waals surface area contributed by atoms with Gasteiger partial charge in [0.05, 0.1) is 7.11 Å². The lowest BCUT2D eigenvalue weighted by Crippen LogP contribution is -2.51. The first-order valence-corrected chi connectivity index (χ1v) is 8.06. The van der Waals surface area contributed by atoms with Crippen LogP contribution >= 0.6 is 0 Å². The van der Waals surface area contributed by atoms with E-state index in [0.29, 0.717) is 11.0 Å². The fraction of sp³-hybridized carbons (Fsp3) is 0.667. The third-order valence-electron chi connectivity index (χ3n) is 5.92. The number of fused-ring (bicyclic) bond motifs is 1. The molecule has 110 valence electrons. The summed E-state index contributed by atoms with van der Waals surface area (Å²) in [6.45, 7) is 3.67. The Balaban J connectivity index is 1.69. The third kappa shape index (κ3) is 2.35. The molecule has 0 aromatic heterocycles. The molecule has 1 saturated heterocycles. The van der Waals surface area contributed by atoms with Crippen molar-refractivity contribution < 1.29 is 4.74 Å². The number of hydrogen-bond acceptors (Lipinski definition) is 2. The maximum atomic E-state index is 5.24. The molecule has 2 atom stereocenters. The van der Waals surface area contributed by atoms with Crippen molar-refractivity contribution in [2.24, 2.45) is 5.41 Å². The third-order valence-corrected chi connectivity index (χ3v) is 5.92. The predicted molar refractivity (Wildman–Crippen MR) is 83.2 cm³/mol. The van der Waals surface area contributed by atoms with Gasteiger partial charge < -0.3 is 10.1 Å². The summed E-state index contributed by atoms with van der Waals surface area (Å²) in [6.07, 6.45) is 9.46. The SMILES string of the molecule is COc1ccc(CCC23CCCCC2(C)NCC3)cc1. The molecule has 3 rings (SSSR count). The minimum absolute atomic E-state index is 0.387. The molecule has 20 heavy (non-hydrogen) atoms. The van der Waals surface area contributed by atoms with Crippen molar-refractivity contribution in [3.05, 3.63) is 29.8 Å². The summed E-state index contributed by atoms with van der Waals surface area (Å²) < 4.78 is 5.24. The minimum Gasteiger partial charge on any atom is -0.497 e. The summed E-state index contributed by atoms with van der Waals surface area (Å²) >= 11 is 0. The highest BCUT2D eigenvalue weighted by Crippen LogP contribution is 2.52. The van der Waals surface area contributed by atoms with E-state index >= 15 is 0 Å². The van der Waals surface area contributed by atoms with E-state index in [2.05, 4.69) is 36.5 Å². The van der Waals surface area contributed by atoms with E-state index in [1.807, 2.05) is 0 Å². The molecule has 0 radical (unpaired) electrons. The highest BCUT2D eigenvalue weighted by Gasteiger charge is 2.51. The predicted octanol–water partition coefficient (Wildman–Crippen LogP) is 3.94. The summed E-state index contributed by atoms with van der Waals surface area (Å²) in [5.41, 5.74) is 2.36. The van der Waals surface area contributed by atoms with Crippen LogP contribution in [0.2, 0.25) is 0 Å². The van der Waals surface area contributed by atoms with Crippen molar-refractivity contribution in [3.63, 3.8) is 0 Å². The topological polar surface area (TPSA) is 21.3 Å². The summed E-state index contributed by atoms with van der Waals surface area (Å²) in [4.78, 5) is 0. The van der Waals surface area contributed by atoms with Gasteiger partial charge in [-0.15, -0.1) is 0 Å². The second-order valence-electron chi connectivity index (χ2n) is 6.84. The first-order valence-electron chi connectivity index (χ1n) is 8.06. The first-order chi connectivity index (χ1) is 9.67. The summed E-state index contributed by atoms with van der Waals surface area (Å²) in [5.74, 6) is 0.956. The molecule has 0 bridgehead atoms. The second kappa shape index (κ2) is 5.40. The number of rotatable bonds is 4. The van der Waals surface area contributed by atoms with Crippen LogP contribution in [0, 0.1) is 5.41 Å². The minimum atomic E-state index is 0.387. The number of nitrogens with one attached hydrogen (secondary N) is 1. The Bertz CT molecular complexity index is 455. The molecule has 2 nitrogen and oxygen atoms in total. The Hall–Kier alpha value is -1.02. The van der Waals surface area contributed by atoms with Gasteiger partial charge in [-0.2, -0.15) is 0 Å². The Morgan fingerprint density at radius 3 is 2.60 bits per heavy atom. The lowest BCUT2D eigenvalue weighted by atomic mass is 9.60. The normalized spacial score (nSPS) is 32.9. The van der Waals surface area contributed by atoms with Crippen molar-refractivity contribution in [2.45, 2.75) is 57.4 Å². The van der Waals surface area contributed by atoms with Gasteiger partial charge in [0.25, 0.3) is 0 Å². The molecule has 0 spiro atoms. The van der Waals surface area contributed by atoms with E-state index in [1.165, 1.54) is 57.1 Å². The van der Waals surface area contributed by atoms with Gasteiger partial charge in [-0.1, -0.05) is 25.0 Å². The van der Waals surface area contributed by atoms with Crippen LogP contribution in [0.15, 0.2) is 24.3 Å². The average Bonchev–Trinajstić information content (AvgIpc) is 2.83. The van der Waals surface area contributed by atoms with E-state index in [0.717, 1.165) is 5.75 Å². The van der Waals surface area contributed by atoms with Gasteiger partial charge in [-0.25, -0.2) is 0 Å². The molecule has 1 aliphatic heterocycles. The van der Waals surface area contributed by atoms with Gasteiger partial charge in [0.1, 0.15) is 5.75 Å². The van der Waals surface area contributed by atoms with Crippen LogP contribution < -0.4 is 10.1 Å². The van der Waals surface area contributed by atoms with E-state index in [1.54, 1.807) is 7.11 Å². The van der Waals surface area contributed by atoms with Crippen LogP contribution in [-0.4, -0.2) is 19.2 Å². The van der Waals surface area contributed by atoms with Crippen LogP contribution in [0.1, 0.15) is 51.0 Å². The summed E-state index contributed by atoms with van der Waals surface area (Å²) in [6, 6.07) is 8.61. The highest BCUT2D eigenvalue weighted by molar-refractivity contribution is 5.27. The molecule has 1 aliphatic carbocycles. The van der Waals surface area contributed by atoms with Gasteiger partial charge >= 0.3 is 0 Å². The summed E-state index contributed by atoms with van der Waals surface area (Å²) in [7, 11) is 1.73. The first kappa shape index (κ1) is 13.9. The number of hydrogen-bond donors (Lipinski definition) is 1. The fourth-order valence-electron chi connectivity index (χ4n) is 4.44. The van der Waals surface area contributed by atoms with Crippen LogP contribution in [-0.2, 0) is 6.42 Å². The van der Waals surface area contributed by atoms with E-state index in [-0.39, 0.29) is 0 Å². The van der Waals surface area contributed by atoms with Crippen molar-refractivity contribution in [1.29, 1.82) is 0 Å². The molecule has 2 aliphatic rings. The van der Waals surface area contributed by atoms with E-state index < -0.39 is 0 Å². The molecule has 2 unspecified atom stereocenters. The molecule has 1 heterocycles. The maximum absolute atomic E-state index is 5.24. The molecule has 0 amide bonds. The molecular weight excluding hydrogens is 246 g/mol. The quantitative estimate of drug-likeness (QED) is 0.897. The maximum Gasteiger partial charge on any atom is 0.118 e. The Kier molecular flexibility index (Phi) is 3.76. The molecule has 1 aromatic carbocycles. The van der Waals surface area contributed by atoms with Crippen molar-refractivity contribution in [2.75, 3.05) is 13.7 Å². The molecule has 1 aromatic rings. The molecular formula is C18H27NO. The van der Waals surface area contributed by atoms with Crippen LogP contribution in [0.3, 0.4) is 0 Å². The van der Waals surface area contributed by atoms with Gasteiger partial charge in [0, 0.05) is 5.54 Å². The van der Waals surface area contributed by atoms with Crippen LogP contribution in [0.25, 0.3) is 0 Å². The molecule has 2 fully saturated rings. The number of benzene rings is 1. The molecule has 1 N–H and O–H groups in total. The Labute approximate surface area is 122 Å². The fourth-order valence-corrected chi connectivity index (χ4v) is 4.44. The molecule has 2 heteroatoms. The Morgan fingerprint density at radius 1 is 1.10 bits per heavy atom. The second-order valence-corrected chi connectivity index (χ2v) is 6.84. The lowest BCUT2D eigenvalue weighted by molar-refractivity contribution is 0.0805. The van der Waals surface area contributed by atoms with Gasteiger partial charge in [-0.05, 0) is 68.7 Å². The summed E-state index contributed by atoms with van der Waals surface area (Å²) in [5, 5.41) is 3.81.